The average molecular weight is 408 g/mol. The van der Waals surface area contributed by atoms with Gasteiger partial charge in [0.2, 0.25) is 5.91 Å². The number of aryl methyl sites for hydroxylation is 1. The summed E-state index contributed by atoms with van der Waals surface area (Å²) in [5.74, 6) is 0.549. The largest absolute Gasteiger partial charge is 0.383 e. The molecule has 1 aliphatic rings. The molecule has 3 N–H and O–H groups in total. The van der Waals surface area contributed by atoms with E-state index < -0.39 is 5.91 Å². The Balaban J connectivity index is 1.78. The summed E-state index contributed by atoms with van der Waals surface area (Å²) in [6.07, 6.45) is 1.88. The Bertz CT molecular complexity index is 1050. The van der Waals surface area contributed by atoms with E-state index in [0.717, 1.165) is 59.7 Å². The minimum atomic E-state index is -0.427. The lowest BCUT2D eigenvalue weighted by Crippen LogP contribution is -2.43. The lowest BCUT2D eigenvalue weighted by Gasteiger charge is -2.28. The van der Waals surface area contributed by atoms with E-state index in [1.54, 1.807) is 7.11 Å². The maximum absolute atomic E-state index is 12.2. The van der Waals surface area contributed by atoms with Crippen molar-refractivity contribution in [3.05, 3.63) is 47.8 Å². The number of carbonyl (C=O) groups excluding carboxylic acids is 1. The van der Waals surface area contributed by atoms with Crippen LogP contribution in [0.2, 0.25) is 0 Å². The van der Waals surface area contributed by atoms with Gasteiger partial charge in [-0.05, 0) is 49.7 Å². The van der Waals surface area contributed by atoms with E-state index in [1.807, 2.05) is 31.3 Å². The monoisotopic (exact) mass is 407 g/mol. The minimum Gasteiger partial charge on any atom is -0.383 e. The summed E-state index contributed by atoms with van der Waals surface area (Å²) in [7, 11) is 1.70. The Morgan fingerprint density at radius 2 is 2.00 bits per heavy atom. The van der Waals surface area contributed by atoms with Gasteiger partial charge in [-0.3, -0.25) is 4.79 Å². The predicted molar refractivity (Wildman–Crippen MR) is 120 cm³/mol. The average Bonchev–Trinajstić information content (AvgIpc) is 3.09. The van der Waals surface area contributed by atoms with Crippen LogP contribution in [0.5, 0.6) is 0 Å². The molecule has 0 saturated carbocycles. The number of rotatable bonds is 6. The van der Waals surface area contributed by atoms with Gasteiger partial charge < -0.3 is 25.3 Å². The van der Waals surface area contributed by atoms with E-state index in [-0.39, 0.29) is 6.04 Å². The molecule has 0 spiro atoms. The normalized spacial score (nSPS) is 15.5. The van der Waals surface area contributed by atoms with E-state index >= 15 is 0 Å². The fourth-order valence-electron chi connectivity index (χ4n) is 4.37. The maximum atomic E-state index is 12.2. The summed E-state index contributed by atoms with van der Waals surface area (Å²) >= 11 is 0. The summed E-state index contributed by atoms with van der Waals surface area (Å²) in [4.78, 5) is 19.2. The van der Waals surface area contributed by atoms with Crippen LogP contribution in [-0.4, -0.2) is 55.4 Å². The number of pyridine rings is 1. The van der Waals surface area contributed by atoms with Crippen LogP contribution in [0, 0.1) is 6.92 Å². The number of amides is 1. The van der Waals surface area contributed by atoms with Gasteiger partial charge in [-0.2, -0.15) is 0 Å². The maximum Gasteiger partial charge on any atom is 0.249 e. The Kier molecular flexibility index (Phi) is 5.74. The number of aromatic nitrogens is 2. The van der Waals surface area contributed by atoms with Gasteiger partial charge in [0.1, 0.15) is 5.82 Å². The lowest BCUT2D eigenvalue weighted by molar-refractivity contribution is 0.100. The molecule has 0 bridgehead atoms. The van der Waals surface area contributed by atoms with Crippen molar-refractivity contribution in [1.29, 1.82) is 0 Å². The fourth-order valence-corrected chi connectivity index (χ4v) is 4.37. The second-order valence-corrected chi connectivity index (χ2v) is 7.92. The standard InChI is InChI=1S/C23H29N5O2/c1-15-10-19-20(23(24)29)11-18(12-21(19)28(15)16(2)14-30-3)17-4-5-22(26-13-17)27-8-6-25-7-9-27/h4-5,10-13,16,25H,6-9,14H2,1-3H3,(H2,24,29)/t16-/m0/s1. The number of nitrogens with two attached hydrogens (primary N) is 1. The Morgan fingerprint density at radius 3 is 2.63 bits per heavy atom. The second-order valence-electron chi connectivity index (χ2n) is 7.92. The Labute approximate surface area is 176 Å². The molecule has 30 heavy (non-hydrogen) atoms. The number of nitrogens with one attached hydrogen (secondary N) is 1. The Hall–Kier alpha value is -2.90. The van der Waals surface area contributed by atoms with Gasteiger partial charge in [0, 0.05) is 67.2 Å². The van der Waals surface area contributed by atoms with Crippen LogP contribution in [0.15, 0.2) is 36.5 Å². The van der Waals surface area contributed by atoms with Crippen molar-refractivity contribution in [2.75, 3.05) is 44.8 Å². The first-order valence-electron chi connectivity index (χ1n) is 10.4. The molecule has 0 radical (unpaired) electrons. The molecule has 158 valence electrons. The molecule has 1 aromatic carbocycles. The topological polar surface area (TPSA) is 85.4 Å². The molecule has 0 unspecified atom stereocenters. The number of hydrogen-bond acceptors (Lipinski definition) is 5. The molecule has 1 aliphatic heterocycles. The van der Waals surface area contributed by atoms with E-state index in [9.17, 15) is 4.79 Å². The molecule has 0 aliphatic carbocycles. The van der Waals surface area contributed by atoms with Gasteiger partial charge in [0.15, 0.2) is 0 Å². The highest BCUT2D eigenvalue weighted by atomic mass is 16.5. The predicted octanol–water partition coefficient (Wildman–Crippen LogP) is 2.73. The Morgan fingerprint density at radius 1 is 1.23 bits per heavy atom. The highest BCUT2D eigenvalue weighted by Gasteiger charge is 2.18. The van der Waals surface area contributed by atoms with Crippen molar-refractivity contribution in [2.45, 2.75) is 19.9 Å². The number of fused-ring (bicyclic) bond motifs is 1. The fraction of sp³-hybridized carbons (Fsp3) is 0.391. The van der Waals surface area contributed by atoms with E-state index in [2.05, 4.69) is 38.8 Å². The molecule has 3 aromatic rings. The van der Waals surface area contributed by atoms with Crippen molar-refractivity contribution in [3.8, 4) is 11.1 Å². The molecule has 7 nitrogen and oxygen atoms in total. The quantitative estimate of drug-likeness (QED) is 0.656. The van der Waals surface area contributed by atoms with Gasteiger partial charge in [-0.1, -0.05) is 0 Å². The zero-order valence-electron chi connectivity index (χ0n) is 17.8. The van der Waals surface area contributed by atoms with Crippen molar-refractivity contribution in [2.24, 2.45) is 5.73 Å². The molecule has 3 heterocycles. The molecular weight excluding hydrogens is 378 g/mol. The number of primary amides is 1. The number of hydrogen-bond donors (Lipinski definition) is 2. The SMILES string of the molecule is COC[C@H](C)n1c(C)cc2c(C(N)=O)cc(-c3ccc(N4CCNCC4)nc3)cc21. The summed E-state index contributed by atoms with van der Waals surface area (Å²) in [5.41, 5.74) is 10.2. The van der Waals surface area contributed by atoms with Crippen LogP contribution in [0.3, 0.4) is 0 Å². The molecule has 1 saturated heterocycles. The van der Waals surface area contributed by atoms with Crippen molar-refractivity contribution in [1.82, 2.24) is 14.9 Å². The molecule has 1 atom stereocenters. The van der Waals surface area contributed by atoms with Gasteiger partial charge in [-0.15, -0.1) is 0 Å². The third kappa shape index (κ3) is 3.78. The lowest BCUT2D eigenvalue weighted by atomic mass is 10.0. The van der Waals surface area contributed by atoms with Crippen LogP contribution in [0.1, 0.15) is 29.0 Å². The highest BCUT2D eigenvalue weighted by Crippen LogP contribution is 2.32. The van der Waals surface area contributed by atoms with Crippen LogP contribution in [-0.2, 0) is 4.74 Å². The smallest absolute Gasteiger partial charge is 0.249 e. The van der Waals surface area contributed by atoms with Crippen LogP contribution in [0.25, 0.3) is 22.0 Å². The third-order valence-electron chi connectivity index (χ3n) is 5.79. The van der Waals surface area contributed by atoms with Crippen LogP contribution < -0.4 is 16.0 Å². The number of carbonyl (C=O) groups is 1. The molecule has 1 amide bonds. The zero-order valence-corrected chi connectivity index (χ0v) is 17.8. The first kappa shape index (κ1) is 20.4. The highest BCUT2D eigenvalue weighted by molar-refractivity contribution is 6.08. The first-order chi connectivity index (χ1) is 14.5. The summed E-state index contributed by atoms with van der Waals surface area (Å²) in [5, 5.41) is 4.23. The van der Waals surface area contributed by atoms with E-state index in [1.165, 1.54) is 0 Å². The van der Waals surface area contributed by atoms with Crippen LogP contribution in [0.4, 0.5) is 5.82 Å². The van der Waals surface area contributed by atoms with Gasteiger partial charge in [0.25, 0.3) is 0 Å². The van der Waals surface area contributed by atoms with E-state index in [0.29, 0.717) is 12.2 Å². The molecule has 1 fully saturated rings. The van der Waals surface area contributed by atoms with Crippen molar-refractivity contribution >= 4 is 22.6 Å². The minimum absolute atomic E-state index is 0.136. The molecule has 7 heteroatoms. The summed E-state index contributed by atoms with van der Waals surface area (Å²) < 4.78 is 7.57. The van der Waals surface area contributed by atoms with Gasteiger partial charge in [-0.25, -0.2) is 4.98 Å². The number of anilines is 1. The number of methoxy groups -OCH3 is 1. The van der Waals surface area contributed by atoms with Crippen molar-refractivity contribution < 1.29 is 9.53 Å². The van der Waals surface area contributed by atoms with Crippen LogP contribution >= 0.6 is 0 Å². The number of nitrogens with zero attached hydrogens (tertiary/aromatic N) is 3. The first-order valence-corrected chi connectivity index (χ1v) is 10.4. The number of benzene rings is 1. The van der Waals surface area contributed by atoms with E-state index in [4.69, 9.17) is 10.5 Å². The third-order valence-corrected chi connectivity index (χ3v) is 5.79. The molecular formula is C23H29N5O2. The second kappa shape index (κ2) is 8.45. The zero-order chi connectivity index (χ0) is 21.3. The van der Waals surface area contributed by atoms with Crippen molar-refractivity contribution in [3.63, 3.8) is 0 Å². The number of ether oxygens (including phenoxy) is 1. The summed E-state index contributed by atoms with van der Waals surface area (Å²) in [6.45, 7) is 8.58. The number of piperazine rings is 1. The van der Waals surface area contributed by atoms with Gasteiger partial charge >= 0.3 is 0 Å². The molecule has 4 rings (SSSR count). The van der Waals surface area contributed by atoms with Gasteiger partial charge in [0.05, 0.1) is 12.6 Å². The summed E-state index contributed by atoms with van der Waals surface area (Å²) in [6, 6.07) is 10.3. The molecule has 2 aromatic heterocycles.